The van der Waals surface area contributed by atoms with Crippen LogP contribution in [0.15, 0.2) is 24.5 Å². The van der Waals surface area contributed by atoms with Crippen LogP contribution < -0.4 is 0 Å². The summed E-state index contributed by atoms with van der Waals surface area (Å²) in [6.45, 7) is 0.948. The monoisotopic (exact) mass is 130 g/mol. The van der Waals surface area contributed by atoms with Crippen molar-refractivity contribution in [3.8, 4) is 11.3 Å². The molecule has 2 nitrogen and oxygen atoms in total. The summed E-state index contributed by atoms with van der Waals surface area (Å²) in [5, 5.41) is 0. The van der Waals surface area contributed by atoms with Crippen molar-refractivity contribution >= 4 is 0 Å². The smallest absolute Gasteiger partial charge is 0.0869 e. The third-order valence-electron chi connectivity index (χ3n) is 1.96. The Hall–Kier alpha value is -1.31. The first-order valence-corrected chi connectivity index (χ1v) is 3.37. The number of rotatable bonds is 0. The van der Waals surface area contributed by atoms with Crippen LogP contribution in [0, 0.1) is 0 Å². The summed E-state index contributed by atoms with van der Waals surface area (Å²) in [5.74, 6) is 0. The van der Waals surface area contributed by atoms with Crippen molar-refractivity contribution in [2.75, 3.05) is 0 Å². The third-order valence-corrected chi connectivity index (χ3v) is 1.96. The van der Waals surface area contributed by atoms with Gasteiger partial charge in [-0.2, -0.15) is 0 Å². The van der Waals surface area contributed by atoms with E-state index in [1.165, 1.54) is 11.3 Å². The van der Waals surface area contributed by atoms with Gasteiger partial charge >= 0.3 is 0 Å². The Labute approximate surface area is 58.5 Å². The van der Waals surface area contributed by atoms with E-state index in [2.05, 4.69) is 34.1 Å². The summed E-state index contributed by atoms with van der Waals surface area (Å²) in [6.07, 6.45) is 4.18. The van der Waals surface area contributed by atoms with E-state index in [0.29, 0.717) is 0 Å². The van der Waals surface area contributed by atoms with Gasteiger partial charge in [-0.05, 0) is 12.1 Å². The van der Waals surface area contributed by atoms with E-state index in [9.17, 15) is 0 Å². The van der Waals surface area contributed by atoms with E-state index in [-0.39, 0.29) is 0 Å². The molecule has 0 spiro atoms. The van der Waals surface area contributed by atoms with Crippen LogP contribution in [0.3, 0.4) is 0 Å². The number of hydrogen-bond acceptors (Lipinski definition) is 1. The summed E-state index contributed by atoms with van der Waals surface area (Å²) in [5.41, 5.74) is 3.59. The predicted molar refractivity (Wildman–Crippen MR) is 38.0 cm³/mol. The van der Waals surface area contributed by atoms with Crippen LogP contribution in [-0.4, -0.2) is 9.55 Å². The van der Waals surface area contributed by atoms with E-state index >= 15 is 0 Å². The number of hydrogen-bond donors (Lipinski definition) is 0. The first kappa shape index (κ1) is 4.50. The molecule has 3 aliphatic rings. The highest BCUT2D eigenvalue weighted by Crippen LogP contribution is 2.26. The molecular formula is C8H6N2. The van der Waals surface area contributed by atoms with Gasteiger partial charge in [0.25, 0.3) is 0 Å². The Morgan fingerprint density at radius 3 is 3.50 bits per heavy atom. The standard InChI is InChI=1S/C8H6N2/c1-2-10-4-7-3-6(1)8(5-10)9-7/h1-3,5H,4H2. The van der Waals surface area contributed by atoms with Crippen molar-refractivity contribution in [2.24, 2.45) is 0 Å². The molecule has 3 rings (SSSR count). The highest BCUT2D eigenvalue weighted by atomic mass is 15.0. The summed E-state index contributed by atoms with van der Waals surface area (Å²) < 4.78 is 2.16. The van der Waals surface area contributed by atoms with Crippen molar-refractivity contribution in [2.45, 2.75) is 6.54 Å². The first-order valence-electron chi connectivity index (χ1n) is 3.37. The van der Waals surface area contributed by atoms with Crippen LogP contribution in [0.25, 0.3) is 11.3 Å². The number of aromatic nitrogens is 2. The molecule has 3 bridgehead atoms. The molecule has 3 aliphatic heterocycles. The lowest BCUT2D eigenvalue weighted by Crippen LogP contribution is -2.02. The van der Waals surface area contributed by atoms with Crippen molar-refractivity contribution < 1.29 is 0 Å². The predicted octanol–water partition coefficient (Wildman–Crippen LogP) is 1.35. The molecule has 10 heavy (non-hydrogen) atoms. The summed E-state index contributed by atoms with van der Waals surface area (Å²) in [6, 6.07) is 4.26. The second-order valence-electron chi connectivity index (χ2n) is 2.71. The second kappa shape index (κ2) is 1.24. The van der Waals surface area contributed by atoms with Gasteiger partial charge in [0.1, 0.15) is 0 Å². The highest BCUT2D eigenvalue weighted by molar-refractivity contribution is 5.62. The molecule has 2 heteroatoms. The summed E-state index contributed by atoms with van der Waals surface area (Å²) >= 11 is 0. The number of nitrogens with zero attached hydrogens (tertiary/aromatic N) is 2. The van der Waals surface area contributed by atoms with Crippen LogP contribution in [0.4, 0.5) is 0 Å². The summed E-state index contributed by atoms with van der Waals surface area (Å²) in [4.78, 5) is 4.37. The maximum atomic E-state index is 4.37. The van der Waals surface area contributed by atoms with Gasteiger partial charge in [-0.3, -0.25) is 0 Å². The average molecular weight is 130 g/mol. The average Bonchev–Trinajstić information content (AvgIpc) is 2.11. The van der Waals surface area contributed by atoms with E-state index in [1.807, 2.05) is 0 Å². The second-order valence-corrected chi connectivity index (χ2v) is 2.71. The molecule has 0 aliphatic carbocycles. The molecule has 0 amide bonds. The minimum absolute atomic E-state index is 0.948. The Bertz CT molecular complexity index is 350. The van der Waals surface area contributed by atoms with Crippen LogP contribution in [0.2, 0.25) is 0 Å². The van der Waals surface area contributed by atoms with Gasteiger partial charge in [0, 0.05) is 18.0 Å². The van der Waals surface area contributed by atoms with Gasteiger partial charge in [-0.15, -0.1) is 0 Å². The van der Waals surface area contributed by atoms with Crippen LogP contribution >= 0.6 is 0 Å². The lowest BCUT2D eigenvalue weighted by Gasteiger charge is -2.07. The number of pyridine rings is 1. The lowest BCUT2D eigenvalue weighted by molar-refractivity contribution is 0.757. The van der Waals surface area contributed by atoms with Gasteiger partial charge in [0.2, 0.25) is 0 Å². The van der Waals surface area contributed by atoms with Crippen molar-refractivity contribution in [3.63, 3.8) is 0 Å². The first-order chi connectivity index (χ1) is 4.92. The molecule has 0 N–H and O–H groups in total. The molecule has 0 aromatic heterocycles. The van der Waals surface area contributed by atoms with Gasteiger partial charge in [-0.25, -0.2) is 4.98 Å². The molecule has 0 saturated heterocycles. The largest absolute Gasteiger partial charge is 0.346 e. The van der Waals surface area contributed by atoms with Crippen LogP contribution in [-0.2, 0) is 6.54 Å². The maximum Gasteiger partial charge on any atom is 0.0869 e. The molecule has 0 unspecified atom stereocenters. The molecule has 0 aromatic carbocycles. The molecular weight excluding hydrogens is 124 g/mol. The molecule has 0 fully saturated rings. The molecule has 0 saturated carbocycles. The Morgan fingerprint density at radius 1 is 1.50 bits per heavy atom. The SMILES string of the molecule is c1cn2cc3nc(cc1-3)C2. The summed E-state index contributed by atoms with van der Waals surface area (Å²) in [7, 11) is 0. The quantitative estimate of drug-likeness (QED) is 0.449. The van der Waals surface area contributed by atoms with Crippen molar-refractivity contribution in [3.05, 3.63) is 30.2 Å². The van der Waals surface area contributed by atoms with E-state index in [1.54, 1.807) is 0 Å². The third kappa shape index (κ3) is 0.386. The minimum Gasteiger partial charge on any atom is -0.346 e. The normalized spacial score (nSPS) is 13.6. The zero-order chi connectivity index (χ0) is 6.55. The minimum atomic E-state index is 0.948. The number of fused-ring (bicyclic) bond motifs is 2. The fraction of sp³-hybridized carbons (Fsp3) is 0.125. The van der Waals surface area contributed by atoms with Gasteiger partial charge in [-0.1, -0.05) is 0 Å². The van der Waals surface area contributed by atoms with Crippen LogP contribution in [0.5, 0.6) is 0 Å². The Balaban J connectivity index is 2.61. The van der Waals surface area contributed by atoms with Crippen molar-refractivity contribution in [1.82, 2.24) is 9.55 Å². The van der Waals surface area contributed by atoms with Gasteiger partial charge in [0.05, 0.1) is 17.9 Å². The zero-order valence-electron chi connectivity index (χ0n) is 5.41. The molecule has 3 heterocycles. The molecule has 0 aromatic rings. The van der Waals surface area contributed by atoms with Crippen LogP contribution in [0.1, 0.15) is 5.69 Å². The van der Waals surface area contributed by atoms with E-state index in [4.69, 9.17) is 0 Å². The fourth-order valence-corrected chi connectivity index (χ4v) is 1.48. The van der Waals surface area contributed by atoms with Gasteiger partial charge in [0.15, 0.2) is 0 Å². The maximum absolute atomic E-state index is 4.37. The molecule has 0 atom stereocenters. The topological polar surface area (TPSA) is 17.8 Å². The molecule has 0 radical (unpaired) electrons. The fourth-order valence-electron chi connectivity index (χ4n) is 1.48. The molecule has 48 valence electrons. The Morgan fingerprint density at radius 2 is 2.50 bits per heavy atom. The lowest BCUT2D eigenvalue weighted by atomic mass is 10.2. The van der Waals surface area contributed by atoms with E-state index in [0.717, 1.165) is 12.2 Å². The highest BCUT2D eigenvalue weighted by Gasteiger charge is 2.13. The van der Waals surface area contributed by atoms with Gasteiger partial charge < -0.3 is 4.57 Å². The van der Waals surface area contributed by atoms with Crippen molar-refractivity contribution in [1.29, 1.82) is 0 Å². The van der Waals surface area contributed by atoms with E-state index < -0.39 is 0 Å². The Kier molecular flexibility index (Phi) is 0.556. The zero-order valence-corrected chi connectivity index (χ0v) is 5.41.